The highest BCUT2D eigenvalue weighted by Crippen LogP contribution is 2.27. The molecule has 2 atom stereocenters. The third-order valence-corrected chi connectivity index (χ3v) is 3.05. The fourth-order valence-electron chi connectivity index (χ4n) is 2.43. The Labute approximate surface area is 78.3 Å². The molecular formula is C8H15N3S. The first-order valence-corrected chi connectivity index (χ1v) is 4.98. The van der Waals surface area contributed by atoms with Gasteiger partial charge in [0.15, 0.2) is 5.11 Å². The summed E-state index contributed by atoms with van der Waals surface area (Å²) in [7, 11) is 0. The number of nitrogens with one attached hydrogen (secondary N) is 1. The zero-order valence-corrected chi connectivity index (χ0v) is 7.94. The predicted molar refractivity (Wildman–Crippen MR) is 52.9 cm³/mol. The second-order valence-corrected chi connectivity index (χ2v) is 4.09. The van der Waals surface area contributed by atoms with Crippen LogP contribution in [-0.4, -0.2) is 35.2 Å². The SMILES string of the molecule is NC(=S)NC1CCN2CCCC12. The van der Waals surface area contributed by atoms with Gasteiger partial charge in [-0.25, -0.2) is 0 Å². The minimum atomic E-state index is 0.453. The number of hydrogen-bond donors (Lipinski definition) is 2. The summed E-state index contributed by atoms with van der Waals surface area (Å²) < 4.78 is 0. The number of rotatable bonds is 1. The van der Waals surface area contributed by atoms with Crippen LogP contribution in [0.1, 0.15) is 19.3 Å². The number of nitrogens with zero attached hydrogens (tertiary/aromatic N) is 1. The average Bonchev–Trinajstić information content (AvgIpc) is 2.52. The molecule has 2 saturated heterocycles. The van der Waals surface area contributed by atoms with Crippen LogP contribution < -0.4 is 11.1 Å². The largest absolute Gasteiger partial charge is 0.376 e. The van der Waals surface area contributed by atoms with Gasteiger partial charge in [0.05, 0.1) is 0 Å². The van der Waals surface area contributed by atoms with E-state index in [0.717, 1.165) is 0 Å². The highest BCUT2D eigenvalue weighted by atomic mass is 32.1. The summed E-state index contributed by atoms with van der Waals surface area (Å²) in [6, 6.07) is 1.22. The first-order chi connectivity index (χ1) is 5.77. The molecule has 0 aliphatic carbocycles. The second kappa shape index (κ2) is 3.18. The summed E-state index contributed by atoms with van der Waals surface area (Å²) in [5, 5.41) is 3.63. The van der Waals surface area contributed by atoms with Crippen LogP contribution in [0.15, 0.2) is 0 Å². The van der Waals surface area contributed by atoms with Crippen molar-refractivity contribution in [2.24, 2.45) is 5.73 Å². The smallest absolute Gasteiger partial charge is 0.163 e. The Bertz CT molecular complexity index is 195. The van der Waals surface area contributed by atoms with Crippen LogP contribution in [-0.2, 0) is 0 Å². The zero-order chi connectivity index (χ0) is 8.55. The molecule has 2 fully saturated rings. The monoisotopic (exact) mass is 185 g/mol. The van der Waals surface area contributed by atoms with Gasteiger partial charge >= 0.3 is 0 Å². The Kier molecular flexibility index (Phi) is 2.19. The maximum Gasteiger partial charge on any atom is 0.163 e. The van der Waals surface area contributed by atoms with E-state index >= 15 is 0 Å². The lowest BCUT2D eigenvalue weighted by molar-refractivity contribution is 0.308. The molecule has 2 unspecified atom stereocenters. The summed E-state index contributed by atoms with van der Waals surface area (Å²) >= 11 is 4.84. The third-order valence-electron chi connectivity index (χ3n) is 2.93. The van der Waals surface area contributed by atoms with E-state index in [1.807, 2.05) is 0 Å². The Balaban J connectivity index is 1.95. The van der Waals surface area contributed by atoms with Crippen molar-refractivity contribution in [1.82, 2.24) is 10.2 Å². The molecule has 0 radical (unpaired) electrons. The van der Waals surface area contributed by atoms with Gasteiger partial charge in [-0.1, -0.05) is 0 Å². The van der Waals surface area contributed by atoms with E-state index in [9.17, 15) is 0 Å². The molecule has 0 aromatic rings. The number of hydrogen-bond acceptors (Lipinski definition) is 2. The third kappa shape index (κ3) is 1.41. The van der Waals surface area contributed by atoms with E-state index in [0.29, 0.717) is 17.2 Å². The molecule has 12 heavy (non-hydrogen) atoms. The Morgan fingerprint density at radius 3 is 3.00 bits per heavy atom. The quantitative estimate of drug-likeness (QED) is 0.567. The molecule has 68 valence electrons. The molecule has 3 nitrogen and oxygen atoms in total. The normalized spacial score (nSPS) is 35.0. The van der Waals surface area contributed by atoms with Gasteiger partial charge in [0.25, 0.3) is 0 Å². The van der Waals surface area contributed by atoms with Crippen LogP contribution in [0.25, 0.3) is 0 Å². The van der Waals surface area contributed by atoms with Gasteiger partial charge in [-0.05, 0) is 38.0 Å². The van der Waals surface area contributed by atoms with Crippen LogP contribution in [0.3, 0.4) is 0 Å². The van der Waals surface area contributed by atoms with Gasteiger partial charge in [0.2, 0.25) is 0 Å². The van der Waals surface area contributed by atoms with Crippen LogP contribution in [0.2, 0.25) is 0 Å². The van der Waals surface area contributed by atoms with Gasteiger partial charge in [0.1, 0.15) is 0 Å². The molecule has 2 aliphatic rings. The van der Waals surface area contributed by atoms with Gasteiger partial charge < -0.3 is 11.1 Å². The van der Waals surface area contributed by atoms with Crippen molar-refractivity contribution in [2.75, 3.05) is 13.1 Å². The molecule has 0 aromatic carbocycles. The maximum absolute atomic E-state index is 5.46. The van der Waals surface area contributed by atoms with Crippen LogP contribution in [0, 0.1) is 0 Å². The van der Waals surface area contributed by atoms with Gasteiger partial charge in [-0.2, -0.15) is 0 Å². The van der Waals surface area contributed by atoms with Crippen molar-refractivity contribution in [3.63, 3.8) is 0 Å². The lowest BCUT2D eigenvalue weighted by Gasteiger charge is -2.20. The molecule has 0 spiro atoms. The molecule has 2 aliphatic heterocycles. The van der Waals surface area contributed by atoms with Crippen LogP contribution in [0.4, 0.5) is 0 Å². The highest BCUT2D eigenvalue weighted by Gasteiger charge is 2.36. The highest BCUT2D eigenvalue weighted by molar-refractivity contribution is 7.80. The van der Waals surface area contributed by atoms with Crippen molar-refractivity contribution in [3.05, 3.63) is 0 Å². The first-order valence-electron chi connectivity index (χ1n) is 4.57. The van der Waals surface area contributed by atoms with E-state index < -0.39 is 0 Å². The van der Waals surface area contributed by atoms with Gasteiger partial charge in [0, 0.05) is 18.6 Å². The summed E-state index contributed by atoms with van der Waals surface area (Å²) in [5.74, 6) is 0. The fourth-order valence-corrected chi connectivity index (χ4v) is 2.58. The fraction of sp³-hybridized carbons (Fsp3) is 0.875. The molecule has 4 heteroatoms. The van der Waals surface area contributed by atoms with Crippen molar-refractivity contribution in [1.29, 1.82) is 0 Å². The topological polar surface area (TPSA) is 41.3 Å². The molecule has 0 saturated carbocycles. The predicted octanol–water partition coefficient (Wildman–Crippen LogP) is 0.0563. The molecule has 0 bridgehead atoms. The average molecular weight is 185 g/mol. The van der Waals surface area contributed by atoms with E-state index in [1.165, 1.54) is 32.4 Å². The number of fused-ring (bicyclic) bond motifs is 1. The van der Waals surface area contributed by atoms with Crippen LogP contribution >= 0.6 is 12.2 Å². The Morgan fingerprint density at radius 1 is 1.42 bits per heavy atom. The lowest BCUT2D eigenvalue weighted by atomic mass is 10.1. The van der Waals surface area contributed by atoms with Crippen molar-refractivity contribution >= 4 is 17.3 Å². The standard InChI is InChI=1S/C8H15N3S/c9-8(12)10-6-3-5-11-4-1-2-7(6)11/h6-7H,1-5H2,(H3,9,10,12). The number of nitrogens with two attached hydrogens (primary N) is 1. The summed E-state index contributed by atoms with van der Waals surface area (Å²) in [4.78, 5) is 2.54. The van der Waals surface area contributed by atoms with Crippen molar-refractivity contribution in [2.45, 2.75) is 31.3 Å². The lowest BCUT2D eigenvalue weighted by Crippen LogP contribution is -2.44. The van der Waals surface area contributed by atoms with Gasteiger partial charge in [-0.3, -0.25) is 4.90 Å². The summed E-state index contributed by atoms with van der Waals surface area (Å²) in [6.45, 7) is 2.48. The minimum absolute atomic E-state index is 0.453. The molecule has 2 rings (SSSR count). The molecule has 0 amide bonds. The van der Waals surface area contributed by atoms with E-state index in [-0.39, 0.29) is 0 Å². The second-order valence-electron chi connectivity index (χ2n) is 3.65. The zero-order valence-electron chi connectivity index (χ0n) is 7.12. The molecule has 3 N–H and O–H groups in total. The minimum Gasteiger partial charge on any atom is -0.376 e. The van der Waals surface area contributed by atoms with E-state index in [1.54, 1.807) is 0 Å². The van der Waals surface area contributed by atoms with E-state index in [4.69, 9.17) is 18.0 Å². The van der Waals surface area contributed by atoms with E-state index in [2.05, 4.69) is 10.2 Å². The molecule has 2 heterocycles. The molecular weight excluding hydrogens is 170 g/mol. The van der Waals surface area contributed by atoms with Crippen molar-refractivity contribution < 1.29 is 0 Å². The number of thiocarbonyl (C=S) groups is 1. The summed E-state index contributed by atoms with van der Waals surface area (Å²) in [5.41, 5.74) is 5.46. The Hall–Kier alpha value is -0.350. The van der Waals surface area contributed by atoms with Crippen LogP contribution in [0.5, 0.6) is 0 Å². The first kappa shape index (κ1) is 8.26. The summed E-state index contributed by atoms with van der Waals surface area (Å²) in [6.07, 6.45) is 3.84. The maximum atomic E-state index is 5.46. The van der Waals surface area contributed by atoms with Gasteiger partial charge in [-0.15, -0.1) is 0 Å². The molecule has 0 aromatic heterocycles. The van der Waals surface area contributed by atoms with Crippen molar-refractivity contribution in [3.8, 4) is 0 Å². The Morgan fingerprint density at radius 2 is 2.25 bits per heavy atom.